The first-order valence-electron chi connectivity index (χ1n) is 5.19. The Hall–Kier alpha value is -1.27. The minimum absolute atomic E-state index is 0.398. The molecule has 1 heterocycles. The number of carbonyl (C=O) groups excluding carboxylic acids is 1. The summed E-state index contributed by atoms with van der Waals surface area (Å²) in [6.07, 6.45) is 2.22. The molecule has 0 N–H and O–H groups in total. The Balaban J connectivity index is 2.66. The maximum atomic E-state index is 10.8. The van der Waals surface area contributed by atoms with Gasteiger partial charge in [-0.2, -0.15) is 0 Å². The summed E-state index contributed by atoms with van der Waals surface area (Å²) in [5.41, 5.74) is 1.22. The zero-order chi connectivity index (χ0) is 11.8. The van der Waals surface area contributed by atoms with Gasteiger partial charge in [0.2, 0.25) is 0 Å². The van der Waals surface area contributed by atoms with E-state index in [9.17, 15) is 4.79 Å². The third kappa shape index (κ3) is 3.39. The summed E-state index contributed by atoms with van der Waals surface area (Å²) in [6.45, 7) is 1.92. The van der Waals surface area contributed by atoms with E-state index >= 15 is 0 Å². The summed E-state index contributed by atoms with van der Waals surface area (Å²) in [5, 5.41) is 7.75. The van der Waals surface area contributed by atoms with Crippen LogP contribution in [0.25, 0.3) is 0 Å². The molecule has 0 amide bonds. The van der Waals surface area contributed by atoms with E-state index in [2.05, 4.69) is 10.3 Å². The van der Waals surface area contributed by atoms with E-state index in [1.807, 2.05) is 0 Å². The highest BCUT2D eigenvalue weighted by Gasteiger charge is 2.11. The van der Waals surface area contributed by atoms with Crippen LogP contribution in [-0.2, 0) is 22.4 Å². The molecular weight excluding hydrogens is 210 g/mol. The minimum atomic E-state index is 0.398. The third-order valence-electron chi connectivity index (χ3n) is 2.24. The number of hydrogen-bond donors (Lipinski definition) is 0. The van der Waals surface area contributed by atoms with Crippen molar-refractivity contribution in [2.75, 3.05) is 27.4 Å². The number of aromatic nitrogens is 3. The molecule has 0 fully saturated rings. The number of aldehydes is 1. The first-order valence-corrected chi connectivity index (χ1v) is 5.19. The van der Waals surface area contributed by atoms with Crippen molar-refractivity contribution in [2.45, 2.75) is 19.4 Å². The molecule has 0 aliphatic rings. The maximum absolute atomic E-state index is 10.8. The van der Waals surface area contributed by atoms with Crippen molar-refractivity contribution in [3.63, 3.8) is 0 Å². The highest BCUT2D eigenvalue weighted by molar-refractivity contribution is 5.73. The largest absolute Gasteiger partial charge is 0.385 e. The topological polar surface area (TPSA) is 66.2 Å². The Morgan fingerprint density at radius 2 is 2.06 bits per heavy atom. The lowest BCUT2D eigenvalue weighted by Crippen LogP contribution is -2.10. The SMILES string of the molecule is COCCCn1nnc(C=O)c1CCOC. The second-order valence-electron chi connectivity index (χ2n) is 3.35. The van der Waals surface area contributed by atoms with E-state index in [-0.39, 0.29) is 0 Å². The van der Waals surface area contributed by atoms with Crippen molar-refractivity contribution in [1.29, 1.82) is 0 Å². The summed E-state index contributed by atoms with van der Waals surface area (Å²) in [7, 11) is 3.28. The zero-order valence-electron chi connectivity index (χ0n) is 9.68. The molecule has 90 valence electrons. The van der Waals surface area contributed by atoms with Gasteiger partial charge in [-0.25, -0.2) is 4.68 Å². The molecule has 16 heavy (non-hydrogen) atoms. The van der Waals surface area contributed by atoms with Gasteiger partial charge in [0, 0.05) is 33.8 Å². The van der Waals surface area contributed by atoms with Crippen molar-refractivity contribution in [2.24, 2.45) is 0 Å². The average molecular weight is 227 g/mol. The van der Waals surface area contributed by atoms with Gasteiger partial charge in [0.15, 0.2) is 6.29 Å². The fraction of sp³-hybridized carbons (Fsp3) is 0.700. The first-order chi connectivity index (χ1) is 7.83. The van der Waals surface area contributed by atoms with E-state index in [4.69, 9.17) is 9.47 Å². The molecule has 0 aliphatic heterocycles. The van der Waals surface area contributed by atoms with Crippen molar-refractivity contribution in [1.82, 2.24) is 15.0 Å². The summed E-state index contributed by atoms with van der Waals surface area (Å²) < 4.78 is 11.7. The molecule has 1 aromatic heterocycles. The predicted molar refractivity (Wildman–Crippen MR) is 57.5 cm³/mol. The van der Waals surface area contributed by atoms with Gasteiger partial charge in [0.25, 0.3) is 0 Å². The van der Waals surface area contributed by atoms with Crippen molar-refractivity contribution < 1.29 is 14.3 Å². The third-order valence-corrected chi connectivity index (χ3v) is 2.24. The molecule has 1 aromatic rings. The van der Waals surface area contributed by atoms with Gasteiger partial charge in [-0.15, -0.1) is 5.10 Å². The number of aryl methyl sites for hydroxylation is 1. The Kier molecular flexibility index (Phi) is 5.66. The van der Waals surface area contributed by atoms with Crippen LogP contribution < -0.4 is 0 Å². The fourth-order valence-electron chi connectivity index (χ4n) is 1.43. The summed E-state index contributed by atoms with van der Waals surface area (Å²) in [6, 6.07) is 0. The van der Waals surface area contributed by atoms with E-state index < -0.39 is 0 Å². The quantitative estimate of drug-likeness (QED) is 0.472. The Morgan fingerprint density at radius 3 is 2.69 bits per heavy atom. The second kappa shape index (κ2) is 7.08. The minimum Gasteiger partial charge on any atom is -0.385 e. The number of hydrogen-bond acceptors (Lipinski definition) is 5. The number of rotatable bonds is 8. The molecule has 6 nitrogen and oxygen atoms in total. The number of methoxy groups -OCH3 is 2. The molecule has 0 atom stereocenters. The van der Waals surface area contributed by atoms with E-state index in [1.165, 1.54) is 0 Å². The monoisotopic (exact) mass is 227 g/mol. The molecule has 0 aliphatic carbocycles. The fourth-order valence-corrected chi connectivity index (χ4v) is 1.43. The molecule has 0 aromatic carbocycles. The van der Waals surface area contributed by atoms with Gasteiger partial charge < -0.3 is 9.47 Å². The van der Waals surface area contributed by atoms with Crippen molar-refractivity contribution in [3.05, 3.63) is 11.4 Å². The second-order valence-corrected chi connectivity index (χ2v) is 3.35. The highest BCUT2D eigenvalue weighted by atomic mass is 16.5. The molecular formula is C10H17N3O3. The number of ether oxygens (including phenoxy) is 2. The van der Waals surface area contributed by atoms with Crippen LogP contribution in [0.3, 0.4) is 0 Å². The maximum Gasteiger partial charge on any atom is 0.172 e. The lowest BCUT2D eigenvalue weighted by atomic mass is 10.2. The molecule has 0 radical (unpaired) electrons. The Labute approximate surface area is 94.5 Å². The molecule has 0 bridgehead atoms. The summed E-state index contributed by atoms with van der Waals surface area (Å²) in [5.74, 6) is 0. The van der Waals surface area contributed by atoms with Crippen LogP contribution in [0.2, 0.25) is 0 Å². The predicted octanol–water partition coefficient (Wildman–Crippen LogP) is 0.316. The van der Waals surface area contributed by atoms with Crippen LogP contribution >= 0.6 is 0 Å². The zero-order valence-corrected chi connectivity index (χ0v) is 9.68. The van der Waals surface area contributed by atoms with E-state index in [1.54, 1.807) is 18.9 Å². The van der Waals surface area contributed by atoms with Crippen LogP contribution in [0.15, 0.2) is 0 Å². The summed E-state index contributed by atoms with van der Waals surface area (Å²) in [4.78, 5) is 10.8. The molecule has 0 saturated heterocycles. The lowest BCUT2D eigenvalue weighted by Gasteiger charge is -2.05. The van der Waals surface area contributed by atoms with Crippen molar-refractivity contribution in [3.8, 4) is 0 Å². The standard InChI is InChI=1S/C10H17N3O3/c1-15-6-3-5-13-10(4-7-16-2)9(8-14)11-12-13/h8H,3-7H2,1-2H3. The van der Waals surface area contributed by atoms with Gasteiger partial charge >= 0.3 is 0 Å². The molecule has 0 spiro atoms. The van der Waals surface area contributed by atoms with Gasteiger partial charge in [-0.1, -0.05) is 5.21 Å². The van der Waals surface area contributed by atoms with E-state index in [0.29, 0.717) is 31.9 Å². The van der Waals surface area contributed by atoms with Crippen molar-refractivity contribution >= 4 is 6.29 Å². The Bertz CT molecular complexity index is 325. The van der Waals surface area contributed by atoms with Crippen LogP contribution in [0.1, 0.15) is 22.6 Å². The molecule has 6 heteroatoms. The highest BCUT2D eigenvalue weighted by Crippen LogP contribution is 2.05. The lowest BCUT2D eigenvalue weighted by molar-refractivity contribution is 0.111. The van der Waals surface area contributed by atoms with Gasteiger partial charge in [0.05, 0.1) is 12.3 Å². The Morgan fingerprint density at radius 1 is 1.31 bits per heavy atom. The first kappa shape index (κ1) is 12.8. The molecule has 0 saturated carbocycles. The van der Waals surface area contributed by atoms with Gasteiger partial charge in [0.1, 0.15) is 5.69 Å². The van der Waals surface area contributed by atoms with Crippen LogP contribution in [0.5, 0.6) is 0 Å². The van der Waals surface area contributed by atoms with Crippen LogP contribution in [0, 0.1) is 0 Å². The van der Waals surface area contributed by atoms with Gasteiger partial charge in [-0.3, -0.25) is 4.79 Å². The smallest absolute Gasteiger partial charge is 0.172 e. The average Bonchev–Trinajstić information content (AvgIpc) is 2.69. The van der Waals surface area contributed by atoms with Crippen LogP contribution in [-0.4, -0.2) is 48.7 Å². The summed E-state index contributed by atoms with van der Waals surface area (Å²) >= 11 is 0. The molecule has 1 rings (SSSR count). The normalized spacial score (nSPS) is 10.6. The van der Waals surface area contributed by atoms with Gasteiger partial charge in [-0.05, 0) is 6.42 Å². The number of carbonyl (C=O) groups is 1. The van der Waals surface area contributed by atoms with E-state index in [0.717, 1.165) is 18.4 Å². The van der Waals surface area contributed by atoms with Crippen LogP contribution in [0.4, 0.5) is 0 Å². The number of nitrogens with zero attached hydrogens (tertiary/aromatic N) is 3. The molecule has 0 unspecified atom stereocenters.